The van der Waals surface area contributed by atoms with Crippen molar-refractivity contribution in [2.45, 2.75) is 18.1 Å². The maximum absolute atomic E-state index is 5.90. The summed E-state index contributed by atoms with van der Waals surface area (Å²) in [7, 11) is 1.67. The zero-order valence-electron chi connectivity index (χ0n) is 9.53. The first kappa shape index (κ1) is 11.5. The van der Waals surface area contributed by atoms with Crippen molar-refractivity contribution in [3.8, 4) is 5.75 Å². The molecule has 1 saturated heterocycles. The first-order valence-corrected chi connectivity index (χ1v) is 6.63. The fourth-order valence-electron chi connectivity index (χ4n) is 1.84. The van der Waals surface area contributed by atoms with Crippen LogP contribution in [0.5, 0.6) is 5.75 Å². The number of nitrogen functional groups attached to an aromatic ring is 1. The standard InChI is InChI=1S/C12H18N2OS/c1-15-9-4-5-11(13)12(7-9)14-8-10-3-2-6-16-10/h4-5,7,10,14H,2-3,6,8,13H2,1H3. The Kier molecular flexibility index (Phi) is 3.83. The molecule has 0 aliphatic carbocycles. The number of thioether (sulfide) groups is 1. The van der Waals surface area contributed by atoms with Crippen LogP contribution in [0.4, 0.5) is 11.4 Å². The van der Waals surface area contributed by atoms with Crippen LogP contribution in [-0.4, -0.2) is 24.7 Å². The molecule has 2 rings (SSSR count). The number of rotatable bonds is 4. The molecule has 0 saturated carbocycles. The molecule has 0 aromatic heterocycles. The van der Waals surface area contributed by atoms with Crippen molar-refractivity contribution < 1.29 is 4.74 Å². The zero-order valence-corrected chi connectivity index (χ0v) is 10.3. The molecule has 4 heteroatoms. The molecule has 3 nitrogen and oxygen atoms in total. The lowest BCUT2D eigenvalue weighted by atomic mass is 10.2. The highest BCUT2D eigenvalue weighted by Crippen LogP contribution is 2.28. The molecule has 1 unspecified atom stereocenters. The van der Waals surface area contributed by atoms with Crippen LogP contribution < -0.4 is 15.8 Å². The second-order valence-electron chi connectivity index (χ2n) is 3.97. The molecule has 1 aliphatic heterocycles. The van der Waals surface area contributed by atoms with Crippen molar-refractivity contribution in [2.24, 2.45) is 0 Å². The van der Waals surface area contributed by atoms with E-state index in [0.29, 0.717) is 0 Å². The molecule has 1 aromatic carbocycles. The van der Waals surface area contributed by atoms with Crippen molar-refractivity contribution in [3.63, 3.8) is 0 Å². The predicted molar refractivity (Wildman–Crippen MR) is 71.4 cm³/mol. The van der Waals surface area contributed by atoms with Gasteiger partial charge < -0.3 is 15.8 Å². The summed E-state index contributed by atoms with van der Waals surface area (Å²) in [6, 6.07) is 5.71. The van der Waals surface area contributed by atoms with Gasteiger partial charge in [0.15, 0.2) is 0 Å². The smallest absolute Gasteiger partial charge is 0.121 e. The molecule has 16 heavy (non-hydrogen) atoms. The van der Waals surface area contributed by atoms with E-state index in [9.17, 15) is 0 Å². The number of nitrogens with one attached hydrogen (secondary N) is 1. The van der Waals surface area contributed by atoms with Gasteiger partial charge in [-0.05, 0) is 30.7 Å². The van der Waals surface area contributed by atoms with Crippen LogP contribution in [-0.2, 0) is 0 Å². The number of methoxy groups -OCH3 is 1. The molecule has 3 N–H and O–H groups in total. The molecule has 1 heterocycles. The highest BCUT2D eigenvalue weighted by molar-refractivity contribution is 8.00. The van der Waals surface area contributed by atoms with E-state index in [1.54, 1.807) is 7.11 Å². The van der Waals surface area contributed by atoms with Gasteiger partial charge in [-0.1, -0.05) is 0 Å². The maximum Gasteiger partial charge on any atom is 0.121 e. The number of ether oxygens (including phenoxy) is 1. The average Bonchev–Trinajstić information content (AvgIpc) is 2.81. The van der Waals surface area contributed by atoms with Gasteiger partial charge in [0.05, 0.1) is 18.5 Å². The average molecular weight is 238 g/mol. The summed E-state index contributed by atoms with van der Waals surface area (Å²) in [6.45, 7) is 0.988. The monoisotopic (exact) mass is 238 g/mol. The van der Waals surface area contributed by atoms with Gasteiger partial charge in [0.25, 0.3) is 0 Å². The molecule has 0 spiro atoms. The lowest BCUT2D eigenvalue weighted by Crippen LogP contribution is -2.14. The second-order valence-corrected chi connectivity index (χ2v) is 5.38. The maximum atomic E-state index is 5.90. The molecule has 0 bridgehead atoms. The Labute approximate surface area is 101 Å². The highest BCUT2D eigenvalue weighted by Gasteiger charge is 2.15. The predicted octanol–water partition coefficient (Wildman–Crippen LogP) is 2.58. The van der Waals surface area contributed by atoms with Crippen molar-refractivity contribution in [1.29, 1.82) is 0 Å². The highest BCUT2D eigenvalue weighted by atomic mass is 32.2. The molecule has 1 aromatic rings. The van der Waals surface area contributed by atoms with Crippen molar-refractivity contribution in [2.75, 3.05) is 30.5 Å². The quantitative estimate of drug-likeness (QED) is 0.792. The van der Waals surface area contributed by atoms with Crippen LogP contribution >= 0.6 is 11.8 Å². The van der Waals surface area contributed by atoms with Crippen LogP contribution in [0.1, 0.15) is 12.8 Å². The molecule has 88 valence electrons. The van der Waals surface area contributed by atoms with Gasteiger partial charge in [-0.2, -0.15) is 11.8 Å². The van der Waals surface area contributed by atoms with Crippen LogP contribution in [0.3, 0.4) is 0 Å². The van der Waals surface area contributed by atoms with E-state index in [1.165, 1.54) is 18.6 Å². The van der Waals surface area contributed by atoms with E-state index in [1.807, 2.05) is 30.0 Å². The van der Waals surface area contributed by atoms with Gasteiger partial charge >= 0.3 is 0 Å². The molecule has 0 amide bonds. The Balaban J connectivity index is 1.96. The minimum Gasteiger partial charge on any atom is -0.497 e. The molecule has 0 radical (unpaired) electrons. The third-order valence-electron chi connectivity index (χ3n) is 2.80. The summed E-state index contributed by atoms with van der Waals surface area (Å²) in [5.41, 5.74) is 7.66. The van der Waals surface area contributed by atoms with E-state index < -0.39 is 0 Å². The fraction of sp³-hybridized carbons (Fsp3) is 0.500. The topological polar surface area (TPSA) is 47.3 Å². The summed E-state index contributed by atoms with van der Waals surface area (Å²) in [6.07, 6.45) is 2.64. The zero-order chi connectivity index (χ0) is 11.4. The summed E-state index contributed by atoms with van der Waals surface area (Å²) in [4.78, 5) is 0. The van der Waals surface area contributed by atoms with Crippen LogP contribution in [0.2, 0.25) is 0 Å². The van der Waals surface area contributed by atoms with E-state index in [-0.39, 0.29) is 0 Å². The summed E-state index contributed by atoms with van der Waals surface area (Å²) < 4.78 is 5.18. The molecule has 1 atom stereocenters. The largest absolute Gasteiger partial charge is 0.497 e. The molecular weight excluding hydrogens is 220 g/mol. The number of hydrogen-bond donors (Lipinski definition) is 2. The first-order valence-electron chi connectivity index (χ1n) is 5.58. The Morgan fingerprint density at radius 1 is 1.56 bits per heavy atom. The summed E-state index contributed by atoms with van der Waals surface area (Å²) in [5, 5.41) is 4.13. The van der Waals surface area contributed by atoms with E-state index in [4.69, 9.17) is 10.5 Å². The Hall–Kier alpha value is -1.03. The minimum atomic E-state index is 0.727. The summed E-state index contributed by atoms with van der Waals surface area (Å²) in [5.74, 6) is 2.13. The van der Waals surface area contributed by atoms with Crippen LogP contribution in [0.15, 0.2) is 18.2 Å². The summed E-state index contributed by atoms with van der Waals surface area (Å²) >= 11 is 2.04. The number of anilines is 2. The number of nitrogens with two attached hydrogens (primary N) is 1. The van der Waals surface area contributed by atoms with E-state index in [0.717, 1.165) is 28.9 Å². The number of benzene rings is 1. The third kappa shape index (κ3) is 2.76. The van der Waals surface area contributed by atoms with Crippen molar-refractivity contribution in [3.05, 3.63) is 18.2 Å². The fourth-order valence-corrected chi connectivity index (χ4v) is 3.05. The SMILES string of the molecule is COc1ccc(N)c(NCC2CCCS2)c1. The lowest BCUT2D eigenvalue weighted by Gasteiger charge is -2.14. The normalized spacial score (nSPS) is 19.7. The van der Waals surface area contributed by atoms with Gasteiger partial charge in [0.1, 0.15) is 5.75 Å². The Morgan fingerprint density at radius 3 is 3.12 bits per heavy atom. The van der Waals surface area contributed by atoms with E-state index >= 15 is 0 Å². The second kappa shape index (κ2) is 5.34. The van der Waals surface area contributed by atoms with Gasteiger partial charge in [-0.15, -0.1) is 0 Å². The Morgan fingerprint density at radius 2 is 2.44 bits per heavy atom. The van der Waals surface area contributed by atoms with Gasteiger partial charge in [0.2, 0.25) is 0 Å². The van der Waals surface area contributed by atoms with Gasteiger partial charge in [-0.3, -0.25) is 0 Å². The third-order valence-corrected chi connectivity index (χ3v) is 4.20. The first-order chi connectivity index (χ1) is 7.79. The lowest BCUT2D eigenvalue weighted by molar-refractivity contribution is 0.415. The molecule has 1 fully saturated rings. The van der Waals surface area contributed by atoms with Crippen LogP contribution in [0.25, 0.3) is 0 Å². The van der Waals surface area contributed by atoms with Crippen LogP contribution in [0, 0.1) is 0 Å². The molecular formula is C12H18N2OS. The Bertz CT molecular complexity index is 351. The van der Waals surface area contributed by atoms with E-state index in [2.05, 4.69) is 5.32 Å². The minimum absolute atomic E-state index is 0.727. The van der Waals surface area contributed by atoms with Gasteiger partial charge in [0, 0.05) is 17.9 Å². The van der Waals surface area contributed by atoms with Crippen molar-refractivity contribution >= 4 is 23.1 Å². The molecule has 1 aliphatic rings. The van der Waals surface area contributed by atoms with Gasteiger partial charge in [-0.25, -0.2) is 0 Å². The number of hydrogen-bond acceptors (Lipinski definition) is 4. The van der Waals surface area contributed by atoms with Crippen molar-refractivity contribution in [1.82, 2.24) is 0 Å².